The van der Waals surface area contributed by atoms with E-state index in [4.69, 9.17) is 18.9 Å². The third kappa shape index (κ3) is 19.4. The Hall–Kier alpha value is -1.73. The van der Waals surface area contributed by atoms with Crippen LogP contribution in [0.15, 0.2) is 12.4 Å². The molecule has 1 aromatic rings. The summed E-state index contributed by atoms with van der Waals surface area (Å²) in [5.41, 5.74) is 0. The first-order chi connectivity index (χ1) is 16.2. The zero-order valence-corrected chi connectivity index (χ0v) is 21.0. The Morgan fingerprint density at radius 2 is 1.24 bits per heavy atom. The molecule has 0 atom stereocenters. The highest BCUT2D eigenvalue weighted by molar-refractivity contribution is 5.69. The van der Waals surface area contributed by atoms with Gasteiger partial charge in [0.2, 0.25) is 0 Å². The first-order valence-electron chi connectivity index (χ1n) is 12.9. The van der Waals surface area contributed by atoms with Crippen LogP contribution in [-0.2, 0) is 19.0 Å². The van der Waals surface area contributed by atoms with Gasteiger partial charge in [0.25, 0.3) is 0 Å². The van der Waals surface area contributed by atoms with Crippen LogP contribution < -0.4 is 4.74 Å². The normalized spacial score (nSPS) is 11.0. The monoisotopic (exact) mass is 466 g/mol. The van der Waals surface area contributed by atoms with Crippen molar-refractivity contribution < 1.29 is 23.7 Å². The van der Waals surface area contributed by atoms with E-state index in [0.717, 1.165) is 43.9 Å². The summed E-state index contributed by atoms with van der Waals surface area (Å²) in [6, 6.07) is 0. The standard InChI is InChI=1S/C26H46N2O5/c1-3-4-5-13-16-30-18-19-31-20-21-33-26(29)15-12-10-8-6-7-9-11-14-17-32-25-22-27-24(2)28-23-25/h22-23H,3-21H2,1-2H3. The molecule has 0 unspecified atom stereocenters. The van der Waals surface area contributed by atoms with E-state index in [1.165, 1.54) is 51.4 Å². The number of carbonyl (C=O) groups excluding carboxylic acids is 1. The van der Waals surface area contributed by atoms with Crippen molar-refractivity contribution in [2.75, 3.05) is 39.6 Å². The van der Waals surface area contributed by atoms with Gasteiger partial charge in [-0.05, 0) is 26.2 Å². The zero-order chi connectivity index (χ0) is 23.8. The summed E-state index contributed by atoms with van der Waals surface area (Å²) >= 11 is 0. The van der Waals surface area contributed by atoms with E-state index in [0.29, 0.717) is 39.5 Å². The average Bonchev–Trinajstić information content (AvgIpc) is 2.82. The number of rotatable bonds is 23. The van der Waals surface area contributed by atoms with Crippen LogP contribution in [0.4, 0.5) is 0 Å². The fraction of sp³-hybridized carbons (Fsp3) is 0.808. The lowest BCUT2D eigenvalue weighted by molar-refractivity contribution is -0.145. The number of esters is 1. The van der Waals surface area contributed by atoms with E-state index < -0.39 is 0 Å². The molecule has 7 nitrogen and oxygen atoms in total. The second-order valence-corrected chi connectivity index (χ2v) is 8.40. The number of aryl methyl sites for hydroxylation is 1. The van der Waals surface area contributed by atoms with Gasteiger partial charge in [-0.1, -0.05) is 64.7 Å². The summed E-state index contributed by atoms with van der Waals surface area (Å²) in [6.45, 7) is 7.52. The summed E-state index contributed by atoms with van der Waals surface area (Å²) in [4.78, 5) is 20.0. The molecule has 0 aromatic carbocycles. The summed E-state index contributed by atoms with van der Waals surface area (Å²) in [7, 11) is 0. The minimum atomic E-state index is -0.121. The maximum Gasteiger partial charge on any atom is 0.305 e. The third-order valence-electron chi connectivity index (χ3n) is 5.31. The smallest absolute Gasteiger partial charge is 0.305 e. The van der Waals surface area contributed by atoms with E-state index in [-0.39, 0.29) is 5.97 Å². The second-order valence-electron chi connectivity index (χ2n) is 8.40. The van der Waals surface area contributed by atoms with Gasteiger partial charge in [0.05, 0.1) is 38.8 Å². The Morgan fingerprint density at radius 3 is 1.94 bits per heavy atom. The quantitative estimate of drug-likeness (QED) is 0.148. The molecule has 0 aliphatic carbocycles. The summed E-state index contributed by atoms with van der Waals surface area (Å²) in [6.07, 6.45) is 17.9. The lowest BCUT2D eigenvalue weighted by Crippen LogP contribution is -2.13. The van der Waals surface area contributed by atoms with Crippen LogP contribution in [0.3, 0.4) is 0 Å². The highest BCUT2D eigenvalue weighted by Gasteiger charge is 2.03. The van der Waals surface area contributed by atoms with Gasteiger partial charge in [0.15, 0.2) is 5.75 Å². The number of carbonyl (C=O) groups is 1. The van der Waals surface area contributed by atoms with Crippen molar-refractivity contribution in [1.29, 1.82) is 0 Å². The van der Waals surface area contributed by atoms with Crippen LogP contribution in [0.1, 0.15) is 96.2 Å². The van der Waals surface area contributed by atoms with E-state index in [1.54, 1.807) is 12.4 Å². The SMILES string of the molecule is CCCCCCOCCOCCOC(=O)CCCCCCCCCCOc1cnc(C)nc1. The fourth-order valence-electron chi connectivity index (χ4n) is 3.32. The number of hydrogen-bond donors (Lipinski definition) is 0. The molecule has 0 N–H and O–H groups in total. The molecule has 0 bridgehead atoms. The third-order valence-corrected chi connectivity index (χ3v) is 5.31. The van der Waals surface area contributed by atoms with Gasteiger partial charge in [-0.25, -0.2) is 9.97 Å². The fourth-order valence-corrected chi connectivity index (χ4v) is 3.32. The Labute approximate surface area is 201 Å². The molecule has 0 spiro atoms. The van der Waals surface area contributed by atoms with Crippen LogP contribution in [-0.4, -0.2) is 55.6 Å². The first-order valence-corrected chi connectivity index (χ1v) is 12.9. The van der Waals surface area contributed by atoms with Gasteiger partial charge >= 0.3 is 5.97 Å². The lowest BCUT2D eigenvalue weighted by Gasteiger charge is -2.07. The minimum absolute atomic E-state index is 0.121. The second kappa shape index (κ2) is 22.1. The highest BCUT2D eigenvalue weighted by Crippen LogP contribution is 2.11. The topological polar surface area (TPSA) is 79.8 Å². The molecule has 0 fully saturated rings. The van der Waals surface area contributed by atoms with Crippen LogP contribution in [0.25, 0.3) is 0 Å². The highest BCUT2D eigenvalue weighted by atomic mass is 16.6. The van der Waals surface area contributed by atoms with Crippen molar-refractivity contribution in [3.63, 3.8) is 0 Å². The van der Waals surface area contributed by atoms with Crippen molar-refractivity contribution in [1.82, 2.24) is 9.97 Å². The molecule has 190 valence electrons. The van der Waals surface area contributed by atoms with Gasteiger partial charge in [-0.2, -0.15) is 0 Å². The van der Waals surface area contributed by atoms with E-state index in [1.807, 2.05) is 6.92 Å². The van der Waals surface area contributed by atoms with E-state index in [9.17, 15) is 4.79 Å². The van der Waals surface area contributed by atoms with Crippen LogP contribution in [0.2, 0.25) is 0 Å². The van der Waals surface area contributed by atoms with E-state index >= 15 is 0 Å². The van der Waals surface area contributed by atoms with Gasteiger partial charge in [0, 0.05) is 13.0 Å². The maximum atomic E-state index is 11.7. The Kier molecular flexibility index (Phi) is 19.6. The zero-order valence-electron chi connectivity index (χ0n) is 21.0. The largest absolute Gasteiger partial charge is 0.490 e. The summed E-state index contributed by atoms with van der Waals surface area (Å²) in [5, 5.41) is 0. The molecule has 1 rings (SSSR count). The predicted molar refractivity (Wildman–Crippen MR) is 131 cm³/mol. The molecular weight excluding hydrogens is 420 g/mol. The molecule has 0 radical (unpaired) electrons. The average molecular weight is 467 g/mol. The van der Waals surface area contributed by atoms with Crippen LogP contribution in [0.5, 0.6) is 5.75 Å². The van der Waals surface area contributed by atoms with Crippen molar-refractivity contribution >= 4 is 5.97 Å². The van der Waals surface area contributed by atoms with Gasteiger partial charge in [0.1, 0.15) is 12.4 Å². The Morgan fingerprint density at radius 1 is 0.697 bits per heavy atom. The Bertz CT molecular complexity index is 568. The maximum absolute atomic E-state index is 11.7. The summed E-state index contributed by atoms with van der Waals surface area (Å²) < 4.78 is 21.8. The van der Waals surface area contributed by atoms with E-state index in [2.05, 4.69) is 16.9 Å². The lowest BCUT2D eigenvalue weighted by atomic mass is 10.1. The minimum Gasteiger partial charge on any atom is -0.490 e. The van der Waals surface area contributed by atoms with Crippen molar-refractivity contribution in [2.45, 2.75) is 97.3 Å². The number of nitrogens with zero attached hydrogens (tertiary/aromatic N) is 2. The molecule has 0 saturated carbocycles. The predicted octanol–water partition coefficient (Wildman–Crippen LogP) is 5.83. The van der Waals surface area contributed by atoms with Gasteiger partial charge < -0.3 is 18.9 Å². The molecule has 0 saturated heterocycles. The first kappa shape index (κ1) is 29.3. The number of unbranched alkanes of at least 4 members (excludes halogenated alkanes) is 10. The molecule has 0 aliphatic heterocycles. The van der Waals surface area contributed by atoms with Crippen molar-refractivity contribution in [2.24, 2.45) is 0 Å². The molecule has 7 heteroatoms. The van der Waals surface area contributed by atoms with Crippen molar-refractivity contribution in [3.8, 4) is 5.75 Å². The molecule has 1 heterocycles. The molecular formula is C26H46N2O5. The number of aromatic nitrogens is 2. The number of ether oxygens (including phenoxy) is 4. The molecule has 1 aromatic heterocycles. The van der Waals surface area contributed by atoms with Crippen LogP contribution in [0, 0.1) is 6.92 Å². The summed E-state index contributed by atoms with van der Waals surface area (Å²) in [5.74, 6) is 1.38. The van der Waals surface area contributed by atoms with Crippen molar-refractivity contribution in [3.05, 3.63) is 18.2 Å². The molecule has 0 aliphatic rings. The van der Waals surface area contributed by atoms with Gasteiger partial charge in [-0.3, -0.25) is 4.79 Å². The molecule has 0 amide bonds. The Balaban J connectivity index is 1.75. The number of hydrogen-bond acceptors (Lipinski definition) is 7. The van der Waals surface area contributed by atoms with Gasteiger partial charge in [-0.15, -0.1) is 0 Å². The molecule has 33 heavy (non-hydrogen) atoms. The van der Waals surface area contributed by atoms with Crippen LogP contribution >= 0.6 is 0 Å².